The minimum absolute atomic E-state index is 0.477. The van der Waals surface area contributed by atoms with E-state index >= 15 is 0 Å². The molecular formula is C13H14BrNO3. The summed E-state index contributed by atoms with van der Waals surface area (Å²) in [6.07, 6.45) is -0.831. The molecule has 0 saturated heterocycles. The number of aliphatic hydroxyl groups is 1. The molecule has 5 heteroatoms. The highest BCUT2D eigenvalue weighted by atomic mass is 79.9. The fraction of sp³-hybridized carbons (Fsp3) is 0.231. The Bertz CT molecular complexity index is 512. The van der Waals surface area contributed by atoms with E-state index in [0.717, 1.165) is 11.3 Å². The largest absolute Gasteiger partial charge is 0.497 e. The van der Waals surface area contributed by atoms with Crippen molar-refractivity contribution >= 4 is 15.9 Å². The van der Waals surface area contributed by atoms with E-state index in [1.54, 1.807) is 19.2 Å². The summed E-state index contributed by atoms with van der Waals surface area (Å²) in [5.41, 5.74) is 1.03. The Labute approximate surface area is 114 Å². The number of rotatable bonds is 5. The Kier molecular flexibility index (Phi) is 4.41. The van der Waals surface area contributed by atoms with Crippen LogP contribution >= 0.6 is 15.9 Å². The van der Waals surface area contributed by atoms with Crippen molar-refractivity contribution in [2.75, 3.05) is 7.11 Å². The zero-order chi connectivity index (χ0) is 13.0. The van der Waals surface area contributed by atoms with Crippen LogP contribution in [0.1, 0.15) is 17.6 Å². The Morgan fingerprint density at radius 3 is 2.89 bits per heavy atom. The molecule has 2 N–H and O–H groups in total. The van der Waals surface area contributed by atoms with E-state index < -0.39 is 6.23 Å². The average Bonchev–Trinajstić information content (AvgIpc) is 2.83. The van der Waals surface area contributed by atoms with Crippen LogP contribution in [0.25, 0.3) is 0 Å². The van der Waals surface area contributed by atoms with E-state index in [0.29, 0.717) is 17.0 Å². The van der Waals surface area contributed by atoms with Crippen LogP contribution in [0.5, 0.6) is 5.75 Å². The summed E-state index contributed by atoms with van der Waals surface area (Å²) in [5, 5.41) is 12.8. The molecule has 0 bridgehead atoms. The van der Waals surface area contributed by atoms with Crippen LogP contribution in [-0.4, -0.2) is 12.2 Å². The van der Waals surface area contributed by atoms with Crippen molar-refractivity contribution in [3.8, 4) is 5.75 Å². The Hall–Kier alpha value is -1.30. The SMILES string of the molecule is COc1cccc(CNC(O)c2ccc(Br)o2)c1. The van der Waals surface area contributed by atoms with Crippen LogP contribution in [0.2, 0.25) is 0 Å². The van der Waals surface area contributed by atoms with Crippen LogP contribution in [0, 0.1) is 0 Å². The summed E-state index contributed by atoms with van der Waals surface area (Å²) in [5.74, 6) is 1.27. The number of halogens is 1. The smallest absolute Gasteiger partial charge is 0.169 e. The lowest BCUT2D eigenvalue weighted by atomic mass is 10.2. The molecule has 1 atom stereocenters. The van der Waals surface area contributed by atoms with Crippen LogP contribution in [0.15, 0.2) is 45.5 Å². The summed E-state index contributed by atoms with van der Waals surface area (Å²) in [4.78, 5) is 0. The van der Waals surface area contributed by atoms with Crippen molar-refractivity contribution in [2.24, 2.45) is 0 Å². The van der Waals surface area contributed by atoms with Crippen molar-refractivity contribution in [3.05, 3.63) is 52.4 Å². The first-order chi connectivity index (χ1) is 8.69. The molecule has 0 radical (unpaired) electrons. The fourth-order valence-electron chi connectivity index (χ4n) is 1.57. The molecule has 0 spiro atoms. The summed E-state index contributed by atoms with van der Waals surface area (Å²) in [6.45, 7) is 0.524. The van der Waals surface area contributed by atoms with Gasteiger partial charge in [0.2, 0.25) is 0 Å². The molecule has 18 heavy (non-hydrogen) atoms. The summed E-state index contributed by atoms with van der Waals surface area (Å²) < 4.78 is 11.0. The maximum atomic E-state index is 9.86. The minimum atomic E-state index is -0.831. The number of furan rings is 1. The molecular weight excluding hydrogens is 298 g/mol. The van der Waals surface area contributed by atoms with E-state index in [1.165, 1.54) is 0 Å². The van der Waals surface area contributed by atoms with E-state index in [4.69, 9.17) is 9.15 Å². The topological polar surface area (TPSA) is 54.6 Å². The van der Waals surface area contributed by atoms with Gasteiger partial charge in [-0.25, -0.2) is 0 Å². The van der Waals surface area contributed by atoms with Crippen molar-refractivity contribution in [3.63, 3.8) is 0 Å². The van der Waals surface area contributed by atoms with Crippen LogP contribution in [0.4, 0.5) is 0 Å². The lowest BCUT2D eigenvalue weighted by Crippen LogP contribution is -2.19. The highest BCUT2D eigenvalue weighted by molar-refractivity contribution is 9.10. The first-order valence-corrected chi connectivity index (χ1v) is 6.28. The predicted octanol–water partition coefficient (Wildman–Crippen LogP) is 2.83. The monoisotopic (exact) mass is 311 g/mol. The molecule has 1 aromatic heterocycles. The quantitative estimate of drug-likeness (QED) is 0.834. The molecule has 2 aromatic rings. The van der Waals surface area contributed by atoms with Gasteiger partial charge in [0.25, 0.3) is 0 Å². The number of benzene rings is 1. The number of aliphatic hydroxyl groups excluding tert-OH is 1. The van der Waals surface area contributed by atoms with Gasteiger partial charge in [-0.1, -0.05) is 12.1 Å². The van der Waals surface area contributed by atoms with E-state index in [9.17, 15) is 5.11 Å². The Morgan fingerprint density at radius 2 is 2.22 bits per heavy atom. The lowest BCUT2D eigenvalue weighted by Gasteiger charge is -2.11. The maximum Gasteiger partial charge on any atom is 0.169 e. The normalized spacial score (nSPS) is 12.4. The first kappa shape index (κ1) is 13.1. The second kappa shape index (κ2) is 6.04. The van der Waals surface area contributed by atoms with Crippen molar-refractivity contribution < 1.29 is 14.3 Å². The molecule has 0 aliphatic heterocycles. The number of ether oxygens (including phenoxy) is 1. The molecule has 0 fully saturated rings. The predicted molar refractivity (Wildman–Crippen MR) is 71.2 cm³/mol. The van der Waals surface area contributed by atoms with Crippen molar-refractivity contribution in [1.29, 1.82) is 0 Å². The molecule has 0 amide bonds. The van der Waals surface area contributed by atoms with Gasteiger partial charge in [-0.15, -0.1) is 0 Å². The van der Waals surface area contributed by atoms with Gasteiger partial charge in [0.15, 0.2) is 10.9 Å². The molecule has 96 valence electrons. The number of methoxy groups -OCH3 is 1. The second-order valence-corrected chi connectivity index (χ2v) is 4.56. The fourth-order valence-corrected chi connectivity index (χ4v) is 1.89. The average molecular weight is 312 g/mol. The molecule has 0 saturated carbocycles. The maximum absolute atomic E-state index is 9.86. The van der Waals surface area contributed by atoms with E-state index in [-0.39, 0.29) is 0 Å². The summed E-state index contributed by atoms with van der Waals surface area (Å²) in [7, 11) is 1.63. The Morgan fingerprint density at radius 1 is 1.39 bits per heavy atom. The van der Waals surface area contributed by atoms with Gasteiger partial charge < -0.3 is 14.3 Å². The van der Waals surface area contributed by atoms with Crippen LogP contribution in [-0.2, 0) is 6.54 Å². The first-order valence-electron chi connectivity index (χ1n) is 5.48. The minimum Gasteiger partial charge on any atom is -0.497 e. The number of hydrogen-bond acceptors (Lipinski definition) is 4. The molecule has 1 heterocycles. The summed E-state index contributed by atoms with van der Waals surface area (Å²) >= 11 is 3.19. The molecule has 0 aliphatic rings. The van der Waals surface area contributed by atoms with Gasteiger partial charge in [-0.2, -0.15) is 0 Å². The number of nitrogens with one attached hydrogen (secondary N) is 1. The van der Waals surface area contributed by atoms with Crippen LogP contribution < -0.4 is 10.1 Å². The highest BCUT2D eigenvalue weighted by Crippen LogP contribution is 2.19. The molecule has 1 aromatic carbocycles. The van der Waals surface area contributed by atoms with Crippen molar-refractivity contribution in [2.45, 2.75) is 12.8 Å². The highest BCUT2D eigenvalue weighted by Gasteiger charge is 2.10. The van der Waals surface area contributed by atoms with Gasteiger partial charge in [0.05, 0.1) is 7.11 Å². The molecule has 0 aliphatic carbocycles. The van der Waals surface area contributed by atoms with Gasteiger partial charge >= 0.3 is 0 Å². The zero-order valence-electron chi connectivity index (χ0n) is 9.89. The molecule has 4 nitrogen and oxygen atoms in total. The zero-order valence-corrected chi connectivity index (χ0v) is 11.5. The van der Waals surface area contributed by atoms with Crippen LogP contribution in [0.3, 0.4) is 0 Å². The van der Waals surface area contributed by atoms with E-state index in [2.05, 4.69) is 21.2 Å². The van der Waals surface area contributed by atoms with Crippen molar-refractivity contribution in [1.82, 2.24) is 5.32 Å². The van der Waals surface area contributed by atoms with Gasteiger partial charge in [-0.3, -0.25) is 5.32 Å². The third-order valence-corrected chi connectivity index (χ3v) is 2.92. The third-order valence-electron chi connectivity index (χ3n) is 2.50. The number of hydrogen-bond donors (Lipinski definition) is 2. The second-order valence-electron chi connectivity index (χ2n) is 3.78. The van der Waals surface area contributed by atoms with E-state index in [1.807, 2.05) is 24.3 Å². The van der Waals surface area contributed by atoms with Gasteiger partial charge in [-0.05, 0) is 45.8 Å². The molecule has 1 unspecified atom stereocenters. The third kappa shape index (κ3) is 3.35. The lowest BCUT2D eigenvalue weighted by molar-refractivity contribution is 0.111. The standard InChI is InChI=1S/C13H14BrNO3/c1-17-10-4-2-3-9(7-10)8-15-13(16)11-5-6-12(14)18-11/h2-7,13,15-16H,8H2,1H3. The summed E-state index contributed by atoms with van der Waals surface area (Å²) in [6, 6.07) is 11.1. The van der Waals surface area contributed by atoms with Gasteiger partial charge in [0, 0.05) is 6.54 Å². The molecule has 2 rings (SSSR count). The Balaban J connectivity index is 1.94. The van der Waals surface area contributed by atoms with Gasteiger partial charge in [0.1, 0.15) is 11.5 Å².